The Bertz CT molecular complexity index is 445. The largest absolute Gasteiger partial charge is 0.389 e. The summed E-state index contributed by atoms with van der Waals surface area (Å²) in [7, 11) is 1.74. The maximum atomic E-state index is 11.7. The molecule has 0 spiro atoms. The summed E-state index contributed by atoms with van der Waals surface area (Å²) in [6.07, 6.45) is 0. The molecular weight excluding hydrogens is 234 g/mol. The van der Waals surface area contributed by atoms with Crippen molar-refractivity contribution in [1.29, 1.82) is 0 Å². The van der Waals surface area contributed by atoms with Crippen LogP contribution in [0.4, 0.5) is 10.5 Å². The summed E-state index contributed by atoms with van der Waals surface area (Å²) in [4.78, 5) is 13.6. The monoisotopic (exact) mass is 251 g/mol. The number of thiocarbonyl (C=S) groups is 1. The van der Waals surface area contributed by atoms with Gasteiger partial charge in [-0.2, -0.15) is 0 Å². The number of carbonyl (C=O) groups excluding carboxylic acids is 1. The van der Waals surface area contributed by atoms with Gasteiger partial charge in [-0.05, 0) is 25.5 Å². The number of aryl methyl sites for hydroxylation is 1. The zero-order valence-electron chi connectivity index (χ0n) is 10.3. The molecule has 0 saturated heterocycles. The molecule has 0 aliphatic carbocycles. The van der Waals surface area contributed by atoms with Gasteiger partial charge in [-0.25, -0.2) is 4.79 Å². The van der Waals surface area contributed by atoms with E-state index in [4.69, 9.17) is 18.0 Å². The zero-order chi connectivity index (χ0) is 13.0. The summed E-state index contributed by atoms with van der Waals surface area (Å²) >= 11 is 4.91. The van der Waals surface area contributed by atoms with Crippen molar-refractivity contribution in [3.63, 3.8) is 0 Å². The Morgan fingerprint density at radius 2 is 2.18 bits per heavy atom. The van der Waals surface area contributed by atoms with E-state index in [2.05, 4.69) is 5.32 Å². The first-order valence-electron chi connectivity index (χ1n) is 5.38. The fourth-order valence-corrected chi connectivity index (χ4v) is 1.39. The highest BCUT2D eigenvalue weighted by atomic mass is 32.1. The first-order chi connectivity index (χ1) is 7.95. The van der Waals surface area contributed by atoms with Crippen LogP contribution in [0, 0.1) is 6.92 Å². The molecule has 0 aliphatic heterocycles. The number of hydrogen-bond acceptors (Lipinski definition) is 2. The third kappa shape index (κ3) is 3.42. The minimum Gasteiger partial charge on any atom is -0.389 e. The molecule has 1 rings (SSSR count). The Balaban J connectivity index is 2.94. The smallest absolute Gasteiger partial charge is 0.321 e. The molecule has 92 valence electrons. The first-order valence-corrected chi connectivity index (χ1v) is 5.79. The average Bonchev–Trinajstić information content (AvgIpc) is 2.30. The first kappa shape index (κ1) is 13.4. The SMILES string of the molecule is CCN(C)C(=O)Nc1cc(C(N)=S)ccc1C. The molecule has 17 heavy (non-hydrogen) atoms. The lowest BCUT2D eigenvalue weighted by Crippen LogP contribution is -2.31. The lowest BCUT2D eigenvalue weighted by molar-refractivity contribution is 0.224. The van der Waals surface area contributed by atoms with Crippen LogP contribution < -0.4 is 11.1 Å². The topological polar surface area (TPSA) is 58.4 Å². The molecule has 4 nitrogen and oxygen atoms in total. The van der Waals surface area contributed by atoms with E-state index in [-0.39, 0.29) is 6.03 Å². The van der Waals surface area contributed by atoms with Gasteiger partial charge in [0.25, 0.3) is 0 Å². The van der Waals surface area contributed by atoms with E-state index in [1.165, 1.54) is 0 Å². The second-order valence-corrected chi connectivity index (χ2v) is 4.28. The Morgan fingerprint density at radius 3 is 2.71 bits per heavy atom. The third-order valence-electron chi connectivity index (χ3n) is 2.58. The molecular formula is C12H17N3OS. The zero-order valence-corrected chi connectivity index (χ0v) is 11.1. The van der Waals surface area contributed by atoms with Gasteiger partial charge in [0.05, 0.1) is 0 Å². The van der Waals surface area contributed by atoms with E-state index in [1.807, 2.05) is 26.0 Å². The fraction of sp³-hybridized carbons (Fsp3) is 0.333. The van der Waals surface area contributed by atoms with Crippen molar-refractivity contribution in [2.45, 2.75) is 13.8 Å². The van der Waals surface area contributed by atoms with Crippen molar-refractivity contribution in [3.8, 4) is 0 Å². The van der Waals surface area contributed by atoms with Crippen LogP contribution in [0.5, 0.6) is 0 Å². The normalized spacial score (nSPS) is 9.82. The molecule has 0 fully saturated rings. The van der Waals surface area contributed by atoms with Gasteiger partial charge in [0.2, 0.25) is 0 Å². The molecule has 0 heterocycles. The van der Waals surface area contributed by atoms with E-state index >= 15 is 0 Å². The molecule has 2 amide bonds. The Hall–Kier alpha value is -1.62. The molecule has 0 aromatic heterocycles. The molecule has 0 atom stereocenters. The van der Waals surface area contributed by atoms with Crippen molar-refractivity contribution < 1.29 is 4.79 Å². The highest BCUT2D eigenvalue weighted by molar-refractivity contribution is 7.80. The number of hydrogen-bond donors (Lipinski definition) is 2. The predicted molar refractivity (Wildman–Crippen MR) is 74.4 cm³/mol. The van der Waals surface area contributed by atoms with E-state index in [0.717, 1.165) is 16.8 Å². The Labute approximate surface area is 107 Å². The molecule has 0 bridgehead atoms. The van der Waals surface area contributed by atoms with E-state index in [0.29, 0.717) is 11.5 Å². The van der Waals surface area contributed by atoms with Crippen LogP contribution in [0.1, 0.15) is 18.1 Å². The van der Waals surface area contributed by atoms with Gasteiger partial charge in [-0.3, -0.25) is 0 Å². The molecule has 5 heteroatoms. The van der Waals surface area contributed by atoms with Crippen LogP contribution in [0.2, 0.25) is 0 Å². The summed E-state index contributed by atoms with van der Waals surface area (Å²) in [6.45, 7) is 4.49. The summed E-state index contributed by atoms with van der Waals surface area (Å²) in [5, 5.41) is 2.83. The van der Waals surface area contributed by atoms with E-state index in [9.17, 15) is 4.79 Å². The summed E-state index contributed by atoms with van der Waals surface area (Å²) in [5.74, 6) is 0. The molecule has 0 unspecified atom stereocenters. The predicted octanol–water partition coefficient (Wildman–Crippen LogP) is 2.11. The van der Waals surface area contributed by atoms with Crippen LogP contribution in [0.15, 0.2) is 18.2 Å². The highest BCUT2D eigenvalue weighted by Gasteiger charge is 2.09. The van der Waals surface area contributed by atoms with Crippen molar-refractivity contribution in [2.75, 3.05) is 18.9 Å². The molecule has 1 aromatic rings. The lowest BCUT2D eigenvalue weighted by atomic mass is 10.1. The minimum atomic E-state index is -0.143. The molecule has 0 radical (unpaired) electrons. The second kappa shape index (κ2) is 5.63. The fourth-order valence-electron chi connectivity index (χ4n) is 1.26. The summed E-state index contributed by atoms with van der Waals surface area (Å²) in [6, 6.07) is 5.38. The molecule has 1 aromatic carbocycles. The van der Waals surface area contributed by atoms with Gasteiger partial charge in [-0.15, -0.1) is 0 Å². The lowest BCUT2D eigenvalue weighted by Gasteiger charge is -2.17. The van der Waals surface area contributed by atoms with Crippen LogP contribution in [-0.4, -0.2) is 29.5 Å². The van der Waals surface area contributed by atoms with Crippen molar-refractivity contribution in [1.82, 2.24) is 4.90 Å². The standard InChI is InChI=1S/C12H17N3OS/c1-4-15(3)12(16)14-10-7-9(11(13)17)6-5-8(10)2/h5-7H,4H2,1-3H3,(H2,13,17)(H,14,16). The van der Waals surface area contributed by atoms with Gasteiger partial charge < -0.3 is 16.0 Å². The quantitative estimate of drug-likeness (QED) is 0.809. The van der Waals surface area contributed by atoms with E-state index < -0.39 is 0 Å². The number of urea groups is 1. The van der Waals surface area contributed by atoms with Crippen molar-refractivity contribution >= 4 is 28.9 Å². The third-order valence-corrected chi connectivity index (χ3v) is 2.82. The maximum Gasteiger partial charge on any atom is 0.321 e. The number of nitrogens with zero attached hydrogens (tertiary/aromatic N) is 1. The second-order valence-electron chi connectivity index (χ2n) is 3.84. The van der Waals surface area contributed by atoms with Crippen LogP contribution in [0.3, 0.4) is 0 Å². The summed E-state index contributed by atoms with van der Waals surface area (Å²) in [5.41, 5.74) is 8.02. The number of benzene rings is 1. The van der Waals surface area contributed by atoms with Gasteiger partial charge in [-0.1, -0.05) is 24.4 Å². The van der Waals surface area contributed by atoms with Gasteiger partial charge in [0.15, 0.2) is 0 Å². The highest BCUT2D eigenvalue weighted by Crippen LogP contribution is 2.17. The number of rotatable bonds is 3. The Morgan fingerprint density at radius 1 is 1.53 bits per heavy atom. The minimum absolute atomic E-state index is 0.143. The summed E-state index contributed by atoms with van der Waals surface area (Å²) < 4.78 is 0. The molecule has 3 N–H and O–H groups in total. The van der Waals surface area contributed by atoms with Crippen LogP contribution >= 0.6 is 12.2 Å². The molecule has 0 aliphatic rings. The van der Waals surface area contributed by atoms with Crippen molar-refractivity contribution in [2.24, 2.45) is 5.73 Å². The number of nitrogens with two attached hydrogens (primary N) is 1. The number of nitrogens with one attached hydrogen (secondary N) is 1. The van der Waals surface area contributed by atoms with Crippen LogP contribution in [0.25, 0.3) is 0 Å². The average molecular weight is 251 g/mol. The van der Waals surface area contributed by atoms with Gasteiger partial charge >= 0.3 is 6.03 Å². The maximum absolute atomic E-state index is 11.7. The number of anilines is 1. The van der Waals surface area contributed by atoms with Gasteiger partial charge in [0.1, 0.15) is 4.99 Å². The molecule has 0 saturated carbocycles. The number of carbonyl (C=O) groups is 1. The van der Waals surface area contributed by atoms with Gasteiger partial charge in [0, 0.05) is 24.8 Å². The van der Waals surface area contributed by atoms with Crippen molar-refractivity contribution in [3.05, 3.63) is 29.3 Å². The number of amides is 2. The van der Waals surface area contributed by atoms with E-state index in [1.54, 1.807) is 18.0 Å². The van der Waals surface area contributed by atoms with Crippen LogP contribution in [-0.2, 0) is 0 Å². The Kier molecular flexibility index (Phi) is 4.45.